The maximum Gasteiger partial charge on any atom is 0.408 e. The van der Waals surface area contributed by atoms with Gasteiger partial charge >= 0.3 is 6.09 Å². The van der Waals surface area contributed by atoms with Crippen molar-refractivity contribution < 1.29 is 14.3 Å². The third kappa shape index (κ3) is 4.88. The van der Waals surface area contributed by atoms with Gasteiger partial charge in [0.25, 0.3) is 0 Å². The number of alkyl carbamates (subject to hydrolysis) is 1. The molecule has 1 N–H and O–H groups in total. The van der Waals surface area contributed by atoms with E-state index in [0.29, 0.717) is 0 Å². The lowest BCUT2D eigenvalue weighted by molar-refractivity contribution is -0.120. The normalized spacial score (nSPS) is 17.0. The van der Waals surface area contributed by atoms with Gasteiger partial charge in [-0.1, -0.05) is 49.6 Å². The average Bonchev–Trinajstić information content (AvgIpc) is 2.52. The van der Waals surface area contributed by atoms with E-state index in [0.717, 1.165) is 31.2 Å². The summed E-state index contributed by atoms with van der Waals surface area (Å²) in [5, 5.41) is 2.75. The van der Waals surface area contributed by atoms with Gasteiger partial charge in [0, 0.05) is 0 Å². The number of hydrogen-bond donors (Lipinski definition) is 1. The average molecular weight is 289 g/mol. The number of amides is 1. The molecule has 1 atom stereocenters. The monoisotopic (exact) mass is 289 g/mol. The second kappa shape index (κ2) is 7.81. The number of carbonyl (C=O) groups is 2. The van der Waals surface area contributed by atoms with Gasteiger partial charge in [-0.15, -0.1) is 0 Å². The number of ether oxygens (including phenoxy) is 1. The molecule has 0 spiro atoms. The number of carbonyl (C=O) groups excluding carboxylic acids is 2. The van der Waals surface area contributed by atoms with E-state index in [-0.39, 0.29) is 18.3 Å². The molecule has 4 nitrogen and oxygen atoms in total. The highest BCUT2D eigenvalue weighted by atomic mass is 16.5. The number of rotatable bonds is 5. The van der Waals surface area contributed by atoms with E-state index >= 15 is 0 Å². The summed E-state index contributed by atoms with van der Waals surface area (Å²) in [4.78, 5) is 23.7. The fraction of sp³-hybridized carbons (Fsp3) is 0.529. The Morgan fingerprint density at radius 2 is 1.86 bits per heavy atom. The van der Waals surface area contributed by atoms with Gasteiger partial charge in [0.1, 0.15) is 6.61 Å². The Morgan fingerprint density at radius 1 is 1.19 bits per heavy atom. The van der Waals surface area contributed by atoms with Crippen molar-refractivity contribution in [3.05, 3.63) is 35.9 Å². The van der Waals surface area contributed by atoms with Crippen molar-refractivity contribution in [1.29, 1.82) is 0 Å². The minimum absolute atomic E-state index is 0.0126. The predicted molar refractivity (Wildman–Crippen MR) is 80.8 cm³/mol. The summed E-state index contributed by atoms with van der Waals surface area (Å²) in [5.74, 6) is 0.263. The zero-order valence-electron chi connectivity index (χ0n) is 12.5. The Bertz CT molecular complexity index is 466. The molecule has 0 radical (unpaired) electrons. The third-order valence-corrected chi connectivity index (χ3v) is 4.05. The third-order valence-electron chi connectivity index (χ3n) is 4.05. The van der Waals surface area contributed by atoms with E-state index in [1.54, 1.807) is 0 Å². The highest BCUT2D eigenvalue weighted by Gasteiger charge is 2.28. The van der Waals surface area contributed by atoms with Crippen LogP contribution in [0.4, 0.5) is 4.79 Å². The molecule has 1 amide bonds. The molecule has 0 bridgehead atoms. The maximum absolute atomic E-state index is 11.9. The van der Waals surface area contributed by atoms with Crippen LogP contribution in [0.3, 0.4) is 0 Å². The van der Waals surface area contributed by atoms with Gasteiger partial charge in [0.15, 0.2) is 5.78 Å². The van der Waals surface area contributed by atoms with Crippen LogP contribution < -0.4 is 5.32 Å². The lowest BCUT2D eigenvalue weighted by Crippen LogP contribution is -2.45. The number of Topliss-reactive ketones (excluding diaryl/α,β-unsaturated/α-hetero) is 1. The smallest absolute Gasteiger partial charge is 0.408 e. The summed E-state index contributed by atoms with van der Waals surface area (Å²) >= 11 is 0. The minimum atomic E-state index is -0.510. The molecule has 0 saturated heterocycles. The molecule has 2 rings (SSSR count). The van der Waals surface area contributed by atoms with Crippen LogP contribution in [0.25, 0.3) is 0 Å². The quantitative estimate of drug-likeness (QED) is 0.903. The van der Waals surface area contributed by atoms with Crippen LogP contribution in [0.1, 0.15) is 44.6 Å². The van der Waals surface area contributed by atoms with Crippen molar-refractivity contribution in [3.63, 3.8) is 0 Å². The molecule has 1 aromatic rings. The Labute approximate surface area is 125 Å². The molecule has 0 heterocycles. The van der Waals surface area contributed by atoms with Gasteiger partial charge in [-0.05, 0) is 31.2 Å². The van der Waals surface area contributed by atoms with E-state index in [9.17, 15) is 9.59 Å². The predicted octanol–water partition coefficient (Wildman–Crippen LogP) is 3.45. The molecule has 1 saturated carbocycles. The van der Waals surface area contributed by atoms with E-state index in [1.165, 1.54) is 13.3 Å². The number of ketones is 1. The standard InChI is InChI=1S/C17H23NO3/c1-13(19)16(15-10-6-3-7-11-15)18-17(20)21-12-14-8-4-2-5-9-14/h2,4-5,8-9,15-16H,3,6-7,10-12H2,1H3,(H,18,20). The van der Waals surface area contributed by atoms with E-state index in [4.69, 9.17) is 4.74 Å². The molecule has 0 aromatic heterocycles. The van der Waals surface area contributed by atoms with Crippen molar-refractivity contribution in [2.24, 2.45) is 5.92 Å². The number of benzene rings is 1. The molecule has 1 aliphatic carbocycles. The van der Waals surface area contributed by atoms with Crippen molar-refractivity contribution in [2.75, 3.05) is 0 Å². The molecule has 1 unspecified atom stereocenters. The van der Waals surface area contributed by atoms with Crippen molar-refractivity contribution >= 4 is 11.9 Å². The SMILES string of the molecule is CC(=O)C(NC(=O)OCc1ccccc1)C1CCCCC1. The largest absolute Gasteiger partial charge is 0.445 e. The zero-order chi connectivity index (χ0) is 15.1. The van der Waals surface area contributed by atoms with Gasteiger partial charge in [-0.3, -0.25) is 4.79 Å². The molecule has 1 aromatic carbocycles. The first-order valence-electron chi connectivity index (χ1n) is 7.64. The lowest BCUT2D eigenvalue weighted by Gasteiger charge is -2.28. The fourth-order valence-corrected chi connectivity index (χ4v) is 2.91. The highest BCUT2D eigenvalue weighted by Crippen LogP contribution is 2.27. The Balaban J connectivity index is 1.84. The maximum atomic E-state index is 11.9. The van der Waals surface area contributed by atoms with Gasteiger partial charge in [-0.2, -0.15) is 0 Å². The molecule has 1 fully saturated rings. The van der Waals surface area contributed by atoms with Crippen molar-refractivity contribution in [2.45, 2.75) is 51.7 Å². The summed E-state index contributed by atoms with van der Waals surface area (Å²) in [6.07, 6.45) is 4.99. The second-order valence-corrected chi connectivity index (χ2v) is 5.69. The van der Waals surface area contributed by atoms with Crippen LogP contribution in [0, 0.1) is 5.92 Å². The lowest BCUT2D eigenvalue weighted by atomic mass is 9.82. The van der Waals surface area contributed by atoms with Gasteiger partial charge in [0.2, 0.25) is 0 Å². The summed E-state index contributed by atoms with van der Waals surface area (Å²) in [7, 11) is 0. The van der Waals surface area contributed by atoms with E-state index in [2.05, 4.69) is 5.32 Å². The van der Waals surface area contributed by atoms with Crippen LogP contribution in [-0.4, -0.2) is 17.9 Å². The van der Waals surface area contributed by atoms with Gasteiger partial charge < -0.3 is 10.1 Å². The molecule has 114 valence electrons. The van der Waals surface area contributed by atoms with E-state index < -0.39 is 12.1 Å². The Morgan fingerprint density at radius 3 is 2.48 bits per heavy atom. The topological polar surface area (TPSA) is 55.4 Å². The molecule has 4 heteroatoms. The van der Waals surface area contributed by atoms with Crippen LogP contribution in [-0.2, 0) is 16.1 Å². The van der Waals surface area contributed by atoms with Crippen LogP contribution in [0.2, 0.25) is 0 Å². The Kier molecular flexibility index (Phi) is 5.78. The summed E-state index contributed by atoms with van der Waals surface area (Å²) in [5.41, 5.74) is 0.935. The molecular weight excluding hydrogens is 266 g/mol. The first-order valence-corrected chi connectivity index (χ1v) is 7.64. The molecule has 1 aliphatic rings. The van der Waals surface area contributed by atoms with Gasteiger partial charge in [0.05, 0.1) is 6.04 Å². The van der Waals surface area contributed by atoms with Crippen LogP contribution >= 0.6 is 0 Å². The van der Waals surface area contributed by atoms with Gasteiger partial charge in [-0.25, -0.2) is 4.79 Å². The summed E-state index contributed by atoms with van der Waals surface area (Å²) in [6.45, 7) is 1.76. The van der Waals surface area contributed by atoms with Crippen molar-refractivity contribution in [3.8, 4) is 0 Å². The summed E-state index contributed by atoms with van der Waals surface area (Å²) in [6, 6.07) is 9.11. The highest BCUT2D eigenvalue weighted by molar-refractivity contribution is 5.85. The molecular formula is C17H23NO3. The van der Waals surface area contributed by atoms with Crippen LogP contribution in [0.5, 0.6) is 0 Å². The van der Waals surface area contributed by atoms with E-state index in [1.807, 2.05) is 30.3 Å². The number of nitrogens with one attached hydrogen (secondary N) is 1. The first kappa shape index (κ1) is 15.5. The molecule has 21 heavy (non-hydrogen) atoms. The van der Waals surface area contributed by atoms with Crippen molar-refractivity contribution in [1.82, 2.24) is 5.32 Å². The number of hydrogen-bond acceptors (Lipinski definition) is 3. The van der Waals surface area contributed by atoms with Crippen LogP contribution in [0.15, 0.2) is 30.3 Å². The summed E-state index contributed by atoms with van der Waals surface area (Å²) < 4.78 is 5.20. The zero-order valence-corrected chi connectivity index (χ0v) is 12.5. The molecule has 0 aliphatic heterocycles. The first-order chi connectivity index (χ1) is 10.2. The fourth-order valence-electron chi connectivity index (χ4n) is 2.91. The Hall–Kier alpha value is -1.84. The second-order valence-electron chi connectivity index (χ2n) is 5.69. The minimum Gasteiger partial charge on any atom is -0.445 e.